The van der Waals surface area contributed by atoms with Crippen LogP contribution in [0.4, 0.5) is 8.78 Å². The Labute approximate surface area is 130 Å². The molecule has 0 aliphatic heterocycles. The molecule has 0 amide bonds. The quantitative estimate of drug-likeness (QED) is 0.802. The molecule has 20 heavy (non-hydrogen) atoms. The monoisotopic (exact) mass is 389 g/mol. The lowest BCUT2D eigenvalue weighted by atomic mass is 9.97. The van der Waals surface area contributed by atoms with Crippen molar-refractivity contribution in [1.29, 1.82) is 0 Å². The number of ether oxygens (including phenoxy) is 1. The fourth-order valence-corrected chi connectivity index (χ4v) is 2.45. The zero-order valence-electron chi connectivity index (χ0n) is 11.1. The van der Waals surface area contributed by atoms with Crippen LogP contribution in [-0.2, 0) is 0 Å². The highest BCUT2D eigenvalue weighted by molar-refractivity contribution is 14.1. The van der Waals surface area contributed by atoms with Crippen LogP contribution in [0.15, 0.2) is 36.4 Å². The fourth-order valence-electron chi connectivity index (χ4n) is 2.09. The fraction of sp³-hybridized carbons (Fsp3) is 0.200. The Morgan fingerprint density at radius 1 is 1.10 bits per heavy atom. The molecule has 0 spiro atoms. The molecular weight excluding hydrogens is 375 g/mol. The molecular formula is C15H14F2INO. The highest BCUT2D eigenvalue weighted by Gasteiger charge is 2.21. The third kappa shape index (κ3) is 3.09. The van der Waals surface area contributed by atoms with Crippen LogP contribution in [0, 0.1) is 15.2 Å². The number of benzene rings is 2. The summed E-state index contributed by atoms with van der Waals surface area (Å²) < 4.78 is 34.2. The molecule has 2 rings (SSSR count). The summed E-state index contributed by atoms with van der Waals surface area (Å²) in [6.45, 7) is 0. The first kappa shape index (κ1) is 15.2. The largest absolute Gasteiger partial charge is 0.497 e. The average molecular weight is 389 g/mol. The molecule has 106 valence electrons. The molecule has 0 heterocycles. The van der Waals surface area contributed by atoms with Crippen LogP contribution in [0.5, 0.6) is 5.75 Å². The first-order valence-corrected chi connectivity index (χ1v) is 7.10. The summed E-state index contributed by atoms with van der Waals surface area (Å²) in [5, 5.41) is 2.95. The Kier molecular flexibility index (Phi) is 4.93. The predicted molar refractivity (Wildman–Crippen MR) is 83.0 cm³/mol. The standard InChI is InChI=1S/C15H14F2INO/c1-19-15(9-3-5-10(18)6-4-9)14-12(16)7-11(20-2)8-13(14)17/h3-8,15,19H,1-2H3. The number of rotatable bonds is 4. The second-order valence-corrected chi connectivity index (χ2v) is 5.52. The summed E-state index contributed by atoms with van der Waals surface area (Å²) in [6.07, 6.45) is 0. The lowest BCUT2D eigenvalue weighted by molar-refractivity contribution is 0.403. The van der Waals surface area contributed by atoms with E-state index in [4.69, 9.17) is 4.74 Å². The van der Waals surface area contributed by atoms with Crippen LogP contribution in [0.2, 0.25) is 0 Å². The highest BCUT2D eigenvalue weighted by atomic mass is 127. The van der Waals surface area contributed by atoms with Gasteiger partial charge in [0, 0.05) is 21.3 Å². The van der Waals surface area contributed by atoms with Gasteiger partial charge in [0.2, 0.25) is 0 Å². The SMILES string of the molecule is CNC(c1ccc(I)cc1)c1c(F)cc(OC)cc1F. The van der Waals surface area contributed by atoms with E-state index in [0.29, 0.717) is 0 Å². The Balaban J connectivity index is 2.49. The molecule has 0 aliphatic carbocycles. The Bertz CT molecular complexity index is 578. The van der Waals surface area contributed by atoms with Crippen LogP contribution in [-0.4, -0.2) is 14.2 Å². The smallest absolute Gasteiger partial charge is 0.134 e. The van der Waals surface area contributed by atoms with E-state index >= 15 is 0 Å². The molecule has 1 unspecified atom stereocenters. The molecule has 1 N–H and O–H groups in total. The van der Waals surface area contributed by atoms with Crippen molar-refractivity contribution in [2.45, 2.75) is 6.04 Å². The Morgan fingerprint density at radius 3 is 2.10 bits per heavy atom. The van der Waals surface area contributed by atoms with Crippen molar-refractivity contribution in [2.24, 2.45) is 0 Å². The lowest BCUT2D eigenvalue weighted by Gasteiger charge is -2.19. The van der Waals surface area contributed by atoms with Crippen molar-refractivity contribution >= 4 is 22.6 Å². The maximum absolute atomic E-state index is 14.1. The molecule has 2 nitrogen and oxygen atoms in total. The average Bonchev–Trinajstić information content (AvgIpc) is 2.43. The minimum atomic E-state index is -0.625. The molecule has 0 saturated heterocycles. The van der Waals surface area contributed by atoms with Gasteiger partial charge >= 0.3 is 0 Å². The van der Waals surface area contributed by atoms with Crippen molar-refractivity contribution in [3.05, 3.63) is 62.7 Å². The molecule has 0 bridgehead atoms. The summed E-state index contributed by atoms with van der Waals surface area (Å²) in [6, 6.07) is 9.35. The minimum absolute atomic E-state index is 0.00509. The number of halogens is 3. The van der Waals surface area contributed by atoms with Gasteiger partial charge < -0.3 is 10.1 Å². The number of methoxy groups -OCH3 is 1. The molecule has 0 aliphatic rings. The molecule has 2 aromatic carbocycles. The van der Waals surface area contributed by atoms with E-state index in [-0.39, 0.29) is 11.3 Å². The maximum Gasteiger partial charge on any atom is 0.134 e. The number of hydrogen-bond donors (Lipinski definition) is 1. The first-order valence-electron chi connectivity index (χ1n) is 6.02. The Morgan fingerprint density at radius 2 is 1.65 bits per heavy atom. The summed E-state index contributed by atoms with van der Waals surface area (Å²) in [4.78, 5) is 0. The van der Waals surface area contributed by atoms with E-state index in [1.807, 2.05) is 24.3 Å². The summed E-state index contributed by atoms with van der Waals surface area (Å²) in [7, 11) is 3.05. The topological polar surface area (TPSA) is 21.3 Å². The summed E-state index contributed by atoms with van der Waals surface area (Å²) >= 11 is 2.18. The molecule has 2 aromatic rings. The van der Waals surface area contributed by atoms with Gasteiger partial charge in [0.05, 0.1) is 13.2 Å². The van der Waals surface area contributed by atoms with Crippen LogP contribution in [0.1, 0.15) is 17.2 Å². The van der Waals surface area contributed by atoms with E-state index in [9.17, 15) is 8.78 Å². The molecule has 0 fully saturated rings. The molecule has 0 radical (unpaired) electrons. The van der Waals surface area contributed by atoms with Crippen molar-refractivity contribution in [2.75, 3.05) is 14.2 Å². The van der Waals surface area contributed by atoms with Gasteiger partial charge in [0.15, 0.2) is 0 Å². The zero-order valence-corrected chi connectivity index (χ0v) is 13.2. The van der Waals surface area contributed by atoms with Gasteiger partial charge in [-0.05, 0) is 47.3 Å². The van der Waals surface area contributed by atoms with Gasteiger partial charge in [0.25, 0.3) is 0 Å². The predicted octanol–water partition coefficient (Wildman–Crippen LogP) is 3.89. The maximum atomic E-state index is 14.1. The van der Waals surface area contributed by atoms with E-state index in [2.05, 4.69) is 27.9 Å². The normalized spacial score (nSPS) is 12.2. The van der Waals surface area contributed by atoms with Gasteiger partial charge in [-0.2, -0.15) is 0 Å². The van der Waals surface area contributed by atoms with Gasteiger partial charge in [-0.1, -0.05) is 12.1 Å². The zero-order chi connectivity index (χ0) is 14.7. The van der Waals surface area contributed by atoms with Crippen molar-refractivity contribution < 1.29 is 13.5 Å². The molecule has 0 aromatic heterocycles. The van der Waals surface area contributed by atoms with Crippen molar-refractivity contribution in [3.63, 3.8) is 0 Å². The molecule has 1 atom stereocenters. The lowest BCUT2D eigenvalue weighted by Crippen LogP contribution is -2.20. The van der Waals surface area contributed by atoms with Gasteiger partial charge in [0.1, 0.15) is 17.4 Å². The van der Waals surface area contributed by atoms with Gasteiger partial charge in [-0.25, -0.2) is 8.78 Å². The van der Waals surface area contributed by atoms with Crippen molar-refractivity contribution in [3.8, 4) is 5.75 Å². The second-order valence-electron chi connectivity index (χ2n) is 4.28. The molecule has 0 saturated carbocycles. The van der Waals surface area contributed by atoms with Gasteiger partial charge in [-0.15, -0.1) is 0 Å². The van der Waals surface area contributed by atoms with E-state index in [1.165, 1.54) is 19.2 Å². The third-order valence-electron chi connectivity index (χ3n) is 3.07. The van der Waals surface area contributed by atoms with Crippen LogP contribution in [0.3, 0.4) is 0 Å². The highest BCUT2D eigenvalue weighted by Crippen LogP contribution is 2.30. The second kappa shape index (κ2) is 6.49. The van der Waals surface area contributed by atoms with Crippen molar-refractivity contribution in [1.82, 2.24) is 5.32 Å². The molecule has 5 heteroatoms. The first-order chi connectivity index (χ1) is 9.56. The number of hydrogen-bond acceptors (Lipinski definition) is 2. The number of nitrogens with one attached hydrogen (secondary N) is 1. The van der Waals surface area contributed by atoms with E-state index in [0.717, 1.165) is 9.13 Å². The van der Waals surface area contributed by atoms with Crippen LogP contribution in [0.25, 0.3) is 0 Å². The van der Waals surface area contributed by atoms with E-state index < -0.39 is 17.7 Å². The third-order valence-corrected chi connectivity index (χ3v) is 3.79. The van der Waals surface area contributed by atoms with Gasteiger partial charge in [-0.3, -0.25) is 0 Å². The summed E-state index contributed by atoms with van der Waals surface area (Å²) in [5.41, 5.74) is 0.797. The Hall–Kier alpha value is -1.21. The minimum Gasteiger partial charge on any atom is -0.497 e. The van der Waals surface area contributed by atoms with Crippen LogP contribution < -0.4 is 10.1 Å². The summed E-state index contributed by atoms with van der Waals surface area (Å²) in [5.74, 6) is -1.08. The van der Waals surface area contributed by atoms with Crippen LogP contribution >= 0.6 is 22.6 Å². The van der Waals surface area contributed by atoms with E-state index in [1.54, 1.807) is 7.05 Å².